The number of amides is 1. The van der Waals surface area contributed by atoms with E-state index in [0.717, 1.165) is 12.5 Å². The van der Waals surface area contributed by atoms with Crippen LogP contribution in [-0.4, -0.2) is 34.2 Å². The summed E-state index contributed by atoms with van der Waals surface area (Å²) in [6.45, 7) is 2.96. The minimum atomic E-state index is -1.52. The standard InChI is InChI=1S/C19H17N3O4/c1-12-8-10-14(11-9-12)18(24)16(17(19(25)26)20-13(2)23)22-21-15-6-4-3-5-7-15/h3-11,21H,1-2H3,(H,25,26)/b20-17?,22-16-. The molecule has 0 saturated carbocycles. The molecule has 1 amide bonds. The first kappa shape index (κ1) is 18.7. The number of carboxylic acid groups (broad SMARTS) is 1. The van der Waals surface area contributed by atoms with Crippen LogP contribution in [0.5, 0.6) is 0 Å². The van der Waals surface area contributed by atoms with Crippen molar-refractivity contribution < 1.29 is 19.5 Å². The molecule has 0 saturated heterocycles. The van der Waals surface area contributed by atoms with Gasteiger partial charge in [-0.05, 0) is 19.1 Å². The van der Waals surface area contributed by atoms with Gasteiger partial charge in [-0.1, -0.05) is 48.0 Å². The largest absolute Gasteiger partial charge is 0.476 e. The number of carbonyl (C=O) groups is 3. The highest BCUT2D eigenvalue weighted by Gasteiger charge is 2.26. The van der Waals surface area contributed by atoms with Gasteiger partial charge in [0.05, 0.1) is 5.69 Å². The number of hydrogen-bond donors (Lipinski definition) is 2. The maximum absolute atomic E-state index is 12.8. The quantitative estimate of drug-likeness (QED) is 0.472. The first-order chi connectivity index (χ1) is 12.4. The summed E-state index contributed by atoms with van der Waals surface area (Å²) in [5, 5.41) is 13.3. The Bertz CT molecular complexity index is 885. The summed E-state index contributed by atoms with van der Waals surface area (Å²) in [4.78, 5) is 39.1. The Hall–Kier alpha value is -3.61. The molecule has 0 fully saturated rings. The summed E-state index contributed by atoms with van der Waals surface area (Å²) in [5.74, 6) is -2.92. The molecule has 0 radical (unpaired) electrons. The predicted molar refractivity (Wildman–Crippen MR) is 98.8 cm³/mol. The zero-order chi connectivity index (χ0) is 19.1. The molecule has 0 heterocycles. The Morgan fingerprint density at radius 1 is 0.923 bits per heavy atom. The fourth-order valence-electron chi connectivity index (χ4n) is 2.05. The monoisotopic (exact) mass is 351 g/mol. The third-order valence-electron chi connectivity index (χ3n) is 3.30. The lowest BCUT2D eigenvalue weighted by molar-refractivity contribution is -0.129. The van der Waals surface area contributed by atoms with Gasteiger partial charge in [0.15, 0.2) is 11.4 Å². The Balaban J connectivity index is 2.49. The van der Waals surface area contributed by atoms with E-state index in [1.54, 1.807) is 54.6 Å². The molecule has 0 bridgehead atoms. The number of para-hydroxylation sites is 1. The molecule has 2 rings (SSSR count). The van der Waals surface area contributed by atoms with Gasteiger partial charge in [-0.15, -0.1) is 0 Å². The van der Waals surface area contributed by atoms with E-state index in [9.17, 15) is 19.5 Å². The Labute approximate surface area is 150 Å². The van der Waals surface area contributed by atoms with Gasteiger partial charge >= 0.3 is 5.97 Å². The Kier molecular flexibility index (Phi) is 6.10. The van der Waals surface area contributed by atoms with Gasteiger partial charge in [0.25, 0.3) is 0 Å². The number of rotatable bonds is 6. The van der Waals surface area contributed by atoms with E-state index in [1.807, 2.05) is 6.92 Å². The van der Waals surface area contributed by atoms with Crippen LogP contribution in [0.3, 0.4) is 0 Å². The molecule has 0 aliphatic rings. The summed E-state index contributed by atoms with van der Waals surface area (Å²) >= 11 is 0. The van der Waals surface area contributed by atoms with Gasteiger partial charge in [-0.2, -0.15) is 5.10 Å². The molecule has 2 aromatic rings. The number of anilines is 1. The van der Waals surface area contributed by atoms with E-state index in [-0.39, 0.29) is 5.56 Å². The maximum Gasteiger partial charge on any atom is 0.357 e. The molecule has 7 nitrogen and oxygen atoms in total. The molecule has 26 heavy (non-hydrogen) atoms. The lowest BCUT2D eigenvalue weighted by Crippen LogP contribution is -2.32. The molecule has 0 unspecified atom stereocenters. The molecule has 7 heteroatoms. The number of nitrogens with zero attached hydrogens (tertiary/aromatic N) is 2. The number of carboxylic acids is 1. The number of hydrogen-bond acceptors (Lipinski definition) is 5. The van der Waals surface area contributed by atoms with Crippen molar-refractivity contribution in [2.24, 2.45) is 10.1 Å². The van der Waals surface area contributed by atoms with E-state index in [1.165, 1.54) is 0 Å². The van der Waals surface area contributed by atoms with Crippen LogP contribution >= 0.6 is 0 Å². The summed E-state index contributed by atoms with van der Waals surface area (Å²) in [5.41, 5.74) is 3.18. The van der Waals surface area contributed by atoms with Gasteiger partial charge < -0.3 is 5.11 Å². The number of aliphatic carboxylic acids is 1. The smallest absolute Gasteiger partial charge is 0.357 e. The summed E-state index contributed by atoms with van der Waals surface area (Å²) in [7, 11) is 0. The number of benzene rings is 2. The fraction of sp³-hybridized carbons (Fsp3) is 0.105. The number of nitrogens with one attached hydrogen (secondary N) is 1. The van der Waals surface area contributed by atoms with E-state index in [2.05, 4.69) is 15.5 Å². The van der Waals surface area contributed by atoms with Gasteiger partial charge in [0, 0.05) is 12.5 Å². The molecule has 132 valence electrons. The minimum Gasteiger partial charge on any atom is -0.476 e. The molecule has 0 aliphatic carbocycles. The lowest BCUT2D eigenvalue weighted by Gasteiger charge is -2.07. The van der Waals surface area contributed by atoms with Crippen molar-refractivity contribution in [1.82, 2.24) is 0 Å². The predicted octanol–water partition coefficient (Wildman–Crippen LogP) is 2.72. The highest BCUT2D eigenvalue weighted by atomic mass is 16.4. The zero-order valence-electron chi connectivity index (χ0n) is 14.3. The van der Waals surface area contributed by atoms with Crippen molar-refractivity contribution in [3.63, 3.8) is 0 Å². The number of aliphatic imine (C=N–C) groups is 1. The number of hydrazone groups is 1. The van der Waals surface area contributed by atoms with E-state index in [0.29, 0.717) is 5.69 Å². The molecular formula is C19H17N3O4. The highest BCUT2D eigenvalue weighted by Crippen LogP contribution is 2.09. The molecule has 0 aromatic heterocycles. The molecule has 2 aromatic carbocycles. The van der Waals surface area contributed by atoms with Crippen molar-refractivity contribution >= 4 is 34.8 Å². The average Bonchev–Trinajstić information content (AvgIpc) is 2.61. The minimum absolute atomic E-state index is 0.238. The van der Waals surface area contributed by atoms with Crippen molar-refractivity contribution in [3.05, 3.63) is 65.7 Å². The maximum atomic E-state index is 12.8. The molecule has 0 atom stereocenters. The lowest BCUT2D eigenvalue weighted by atomic mass is 10.0. The van der Waals surface area contributed by atoms with Crippen LogP contribution in [0, 0.1) is 6.92 Å². The van der Waals surface area contributed by atoms with Gasteiger partial charge in [-0.3, -0.25) is 15.0 Å². The number of carbonyl (C=O) groups excluding carboxylic acids is 2. The summed E-state index contributed by atoms with van der Waals surface area (Å²) in [6, 6.07) is 15.2. The van der Waals surface area contributed by atoms with Crippen LogP contribution in [0.25, 0.3) is 0 Å². The molecular weight excluding hydrogens is 334 g/mol. The van der Waals surface area contributed by atoms with Crippen molar-refractivity contribution in [2.45, 2.75) is 13.8 Å². The van der Waals surface area contributed by atoms with Crippen molar-refractivity contribution in [2.75, 3.05) is 5.43 Å². The number of ketones is 1. The summed E-state index contributed by atoms with van der Waals surface area (Å²) < 4.78 is 0. The van der Waals surface area contributed by atoms with Gasteiger partial charge in [0.2, 0.25) is 11.7 Å². The van der Waals surface area contributed by atoms with Crippen LogP contribution < -0.4 is 5.43 Å². The van der Waals surface area contributed by atoms with Crippen molar-refractivity contribution in [3.8, 4) is 0 Å². The SMILES string of the molecule is CC(=O)N=C(C(=O)O)/C(=N/Nc1ccccc1)C(=O)c1ccc(C)cc1. The first-order valence-corrected chi connectivity index (χ1v) is 7.71. The first-order valence-electron chi connectivity index (χ1n) is 7.71. The second-order valence-corrected chi connectivity index (χ2v) is 5.42. The van der Waals surface area contributed by atoms with Crippen LogP contribution in [0.2, 0.25) is 0 Å². The van der Waals surface area contributed by atoms with Crippen molar-refractivity contribution in [1.29, 1.82) is 0 Å². The highest BCUT2D eigenvalue weighted by molar-refractivity contribution is 6.82. The Morgan fingerprint density at radius 2 is 1.54 bits per heavy atom. The average molecular weight is 351 g/mol. The van der Waals surface area contributed by atoms with Crippen LogP contribution in [0.1, 0.15) is 22.8 Å². The van der Waals surface area contributed by atoms with Gasteiger partial charge in [0.1, 0.15) is 0 Å². The third kappa shape index (κ3) is 4.94. The van der Waals surface area contributed by atoms with E-state index in [4.69, 9.17) is 0 Å². The number of Topliss-reactive ketones (excluding diaryl/α,β-unsaturated/α-hetero) is 1. The third-order valence-corrected chi connectivity index (χ3v) is 3.30. The summed E-state index contributed by atoms with van der Waals surface area (Å²) in [6.07, 6.45) is 0. The topological polar surface area (TPSA) is 108 Å². The normalized spacial score (nSPS) is 11.8. The number of aryl methyl sites for hydroxylation is 1. The van der Waals surface area contributed by atoms with Crippen LogP contribution in [-0.2, 0) is 9.59 Å². The Morgan fingerprint density at radius 3 is 2.08 bits per heavy atom. The fourth-order valence-corrected chi connectivity index (χ4v) is 2.05. The molecule has 0 spiro atoms. The van der Waals surface area contributed by atoms with E-state index < -0.39 is 29.1 Å². The second kappa shape index (κ2) is 8.48. The van der Waals surface area contributed by atoms with E-state index >= 15 is 0 Å². The second-order valence-electron chi connectivity index (χ2n) is 5.42. The van der Waals surface area contributed by atoms with Crippen LogP contribution in [0.4, 0.5) is 5.69 Å². The van der Waals surface area contributed by atoms with Crippen LogP contribution in [0.15, 0.2) is 64.7 Å². The molecule has 0 aliphatic heterocycles. The zero-order valence-corrected chi connectivity index (χ0v) is 14.3. The molecule has 2 N–H and O–H groups in total. The van der Waals surface area contributed by atoms with Gasteiger partial charge in [-0.25, -0.2) is 9.79 Å².